The molecule has 0 saturated carbocycles. The zero-order valence-electron chi connectivity index (χ0n) is 7.32. The van der Waals surface area contributed by atoms with E-state index < -0.39 is 0 Å². The fourth-order valence-corrected chi connectivity index (χ4v) is 0.879. The van der Waals surface area contributed by atoms with E-state index in [-0.39, 0.29) is 66.7 Å². The van der Waals surface area contributed by atoms with Gasteiger partial charge < -0.3 is 36.1 Å². The molecule has 0 bridgehead atoms. The number of likely N-dealkylation sites (tertiary alicyclic amines) is 1. The predicted octanol–water partition coefficient (Wildman–Crippen LogP) is -8.45. The van der Waals surface area contributed by atoms with Crippen LogP contribution in [0.5, 0.6) is 0 Å². The minimum absolute atomic E-state index is 0. The zero-order valence-corrected chi connectivity index (χ0v) is 10.2. The largest absolute Gasteiger partial charge is 2.00 e. The molecule has 1 nitrogen and oxygen atoms in total. The molecule has 5 heteroatoms. The van der Waals surface area contributed by atoms with Crippen LogP contribution in [0.25, 0.3) is 0 Å². The van der Waals surface area contributed by atoms with Gasteiger partial charge in [-0.05, 0) is 20.1 Å². The number of piperidine rings is 1. The van der Waals surface area contributed by atoms with E-state index in [0.717, 1.165) is 0 Å². The number of hydrogen-bond acceptors (Lipinski definition) is 1. The second-order valence-corrected chi connectivity index (χ2v) is 2.17. The van der Waals surface area contributed by atoms with Crippen molar-refractivity contribution in [1.29, 1.82) is 0 Å². The van der Waals surface area contributed by atoms with Crippen LogP contribution in [0.15, 0.2) is 0 Å². The van der Waals surface area contributed by atoms with E-state index in [2.05, 4.69) is 18.4 Å². The molecule has 0 spiro atoms. The Morgan fingerprint density at radius 3 is 1.64 bits per heavy atom. The van der Waals surface area contributed by atoms with Gasteiger partial charge in [-0.2, -0.15) is 12.8 Å². The van der Waals surface area contributed by atoms with Crippen molar-refractivity contribution in [2.75, 3.05) is 20.1 Å². The van der Waals surface area contributed by atoms with Gasteiger partial charge in [0, 0.05) is 0 Å². The molecule has 11 heavy (non-hydrogen) atoms. The first kappa shape index (κ1) is 23.1. The first-order valence-corrected chi connectivity index (χ1v) is 2.90. The van der Waals surface area contributed by atoms with Crippen molar-refractivity contribution in [2.45, 2.75) is 12.8 Å². The van der Waals surface area contributed by atoms with Gasteiger partial charge in [0.25, 0.3) is 0 Å². The Morgan fingerprint density at radius 1 is 1.09 bits per heavy atom. The van der Waals surface area contributed by atoms with E-state index in [9.17, 15) is 0 Å². The van der Waals surface area contributed by atoms with Crippen LogP contribution < -0.4 is 43.7 Å². The number of nitrogens with zero attached hydrogens (tertiary/aromatic N) is 1. The molecule has 0 aromatic rings. The Morgan fingerprint density at radius 2 is 1.45 bits per heavy atom. The van der Waals surface area contributed by atoms with E-state index >= 15 is 0 Å². The van der Waals surface area contributed by atoms with E-state index in [1.165, 1.54) is 25.9 Å². The maximum Gasteiger partial charge on any atom is 2.00 e. The SMILES string of the molecule is CN1CC[CH-]CC1.[Cl-].[Cl-].[Li+].[Mg+2]. The van der Waals surface area contributed by atoms with E-state index in [1.807, 2.05) is 0 Å². The molecule has 0 amide bonds. The van der Waals surface area contributed by atoms with Crippen molar-refractivity contribution < 1.29 is 43.7 Å². The second-order valence-electron chi connectivity index (χ2n) is 2.17. The Labute approximate surface area is 110 Å². The Bertz CT molecular complexity index is 62.5. The third-order valence-electron chi connectivity index (χ3n) is 1.43. The van der Waals surface area contributed by atoms with Gasteiger partial charge in [-0.15, -0.1) is 0 Å². The molecule has 1 saturated heterocycles. The third kappa shape index (κ3) is 11.9. The maximum atomic E-state index is 2.36. The quantitative estimate of drug-likeness (QED) is 0.277. The Hall–Kier alpha value is 1.90. The van der Waals surface area contributed by atoms with Gasteiger partial charge in [0.2, 0.25) is 0 Å². The van der Waals surface area contributed by atoms with Gasteiger partial charge in [0.1, 0.15) is 0 Å². The summed E-state index contributed by atoms with van der Waals surface area (Å²) in [5, 5.41) is 0. The molecule has 0 radical (unpaired) electrons. The van der Waals surface area contributed by atoms with Gasteiger partial charge in [-0.3, -0.25) is 0 Å². The average Bonchev–Trinajstić information content (AvgIpc) is 1.69. The molecular formula is C6H12Cl2LiMgN. The molecule has 1 aliphatic heterocycles. The number of rotatable bonds is 0. The molecule has 1 heterocycles. The summed E-state index contributed by atoms with van der Waals surface area (Å²) in [4.78, 5) is 2.36. The molecule has 0 aliphatic carbocycles. The fourth-order valence-electron chi connectivity index (χ4n) is 0.879. The standard InChI is InChI=1S/C6H12N.2ClH.Li.Mg/c1-7-5-3-2-4-6-7;;;;/h2H,3-6H2,1H3;2*1H;;/q-1;;;+1;+2/p-2. The molecule has 0 aromatic heterocycles. The van der Waals surface area contributed by atoms with Gasteiger partial charge in [-0.25, -0.2) is 0 Å². The molecule has 0 N–H and O–H groups in total. The maximum absolute atomic E-state index is 2.36. The predicted molar refractivity (Wildman–Crippen MR) is 36.8 cm³/mol. The van der Waals surface area contributed by atoms with Crippen molar-refractivity contribution in [1.82, 2.24) is 4.90 Å². The minimum atomic E-state index is 0. The normalized spacial score (nSPS) is 16.1. The van der Waals surface area contributed by atoms with Crippen molar-refractivity contribution in [3.05, 3.63) is 6.42 Å². The smallest absolute Gasteiger partial charge is 1.00 e. The summed E-state index contributed by atoms with van der Waals surface area (Å²) in [7, 11) is 2.17. The minimum Gasteiger partial charge on any atom is -1.00 e. The van der Waals surface area contributed by atoms with Crippen molar-refractivity contribution in [2.24, 2.45) is 0 Å². The first-order chi connectivity index (χ1) is 3.39. The summed E-state index contributed by atoms with van der Waals surface area (Å²) >= 11 is 0. The van der Waals surface area contributed by atoms with Crippen LogP contribution >= 0.6 is 0 Å². The molecule has 1 fully saturated rings. The summed E-state index contributed by atoms with van der Waals surface area (Å²) < 4.78 is 0. The Balaban J connectivity index is -0.0000000612. The van der Waals surface area contributed by atoms with Crippen LogP contribution in [0.3, 0.4) is 0 Å². The van der Waals surface area contributed by atoms with Crippen LogP contribution in [-0.2, 0) is 0 Å². The summed E-state index contributed by atoms with van der Waals surface area (Å²) in [6.07, 6.45) is 4.94. The third-order valence-corrected chi connectivity index (χ3v) is 1.43. The molecule has 0 atom stereocenters. The molecule has 0 aromatic carbocycles. The molecule has 0 unspecified atom stereocenters. The molecule has 1 rings (SSSR count). The van der Waals surface area contributed by atoms with Crippen LogP contribution in [0.2, 0.25) is 0 Å². The van der Waals surface area contributed by atoms with Gasteiger partial charge in [0.05, 0.1) is 0 Å². The van der Waals surface area contributed by atoms with Crippen molar-refractivity contribution >= 4 is 23.1 Å². The summed E-state index contributed by atoms with van der Waals surface area (Å²) in [5.74, 6) is 0. The zero-order chi connectivity index (χ0) is 5.11. The summed E-state index contributed by atoms with van der Waals surface area (Å²) in [6.45, 7) is 2.53. The van der Waals surface area contributed by atoms with Crippen LogP contribution in [0.1, 0.15) is 12.8 Å². The Kier molecular flexibility index (Phi) is 30.3. The van der Waals surface area contributed by atoms with E-state index in [4.69, 9.17) is 0 Å². The van der Waals surface area contributed by atoms with Gasteiger partial charge in [0.15, 0.2) is 0 Å². The van der Waals surface area contributed by atoms with Gasteiger partial charge in [-0.1, -0.05) is 0 Å². The molecular weight excluding hydrogens is 188 g/mol. The van der Waals surface area contributed by atoms with Crippen LogP contribution in [0, 0.1) is 6.42 Å². The van der Waals surface area contributed by atoms with E-state index in [0.29, 0.717) is 0 Å². The van der Waals surface area contributed by atoms with Gasteiger partial charge >= 0.3 is 41.9 Å². The summed E-state index contributed by atoms with van der Waals surface area (Å²) in [6, 6.07) is 0. The molecule has 58 valence electrons. The number of halogens is 2. The molecule has 1 aliphatic rings. The average molecular weight is 200 g/mol. The number of hydrogen-bond donors (Lipinski definition) is 0. The fraction of sp³-hybridized carbons (Fsp3) is 0.833. The van der Waals surface area contributed by atoms with Crippen molar-refractivity contribution in [3.8, 4) is 0 Å². The first-order valence-electron chi connectivity index (χ1n) is 2.90. The van der Waals surface area contributed by atoms with E-state index in [1.54, 1.807) is 0 Å². The second kappa shape index (κ2) is 14.4. The van der Waals surface area contributed by atoms with Crippen molar-refractivity contribution in [3.63, 3.8) is 0 Å². The monoisotopic (exact) mass is 199 g/mol. The van der Waals surface area contributed by atoms with Crippen LogP contribution in [0.4, 0.5) is 0 Å². The summed E-state index contributed by atoms with van der Waals surface area (Å²) in [5.41, 5.74) is 0. The van der Waals surface area contributed by atoms with Crippen LogP contribution in [-0.4, -0.2) is 48.1 Å². The topological polar surface area (TPSA) is 3.24 Å².